The standard InChI is InChI=1S/C13H23NO5/c1-19-9-10(15)4-7-14-11(16)8-13(12(17)18)5-2-3-6-13/h10,15H,2-9H2,1H3,(H,14,16)(H,17,18). The van der Waals surface area contributed by atoms with Crippen LogP contribution >= 0.6 is 0 Å². The monoisotopic (exact) mass is 273 g/mol. The summed E-state index contributed by atoms with van der Waals surface area (Å²) in [5.74, 6) is -1.13. The maximum Gasteiger partial charge on any atom is 0.310 e. The first-order valence-corrected chi connectivity index (χ1v) is 6.67. The first-order valence-electron chi connectivity index (χ1n) is 6.67. The van der Waals surface area contributed by atoms with Gasteiger partial charge in [-0.05, 0) is 19.3 Å². The van der Waals surface area contributed by atoms with Gasteiger partial charge in [-0.15, -0.1) is 0 Å². The van der Waals surface area contributed by atoms with Gasteiger partial charge < -0.3 is 20.3 Å². The Hall–Kier alpha value is -1.14. The fourth-order valence-electron chi connectivity index (χ4n) is 2.54. The minimum atomic E-state index is -0.880. The SMILES string of the molecule is COCC(O)CCNC(=O)CC1(C(=O)O)CCCC1. The van der Waals surface area contributed by atoms with Gasteiger partial charge >= 0.3 is 5.97 Å². The van der Waals surface area contributed by atoms with Crippen LogP contribution in [0.2, 0.25) is 0 Å². The number of rotatable bonds is 8. The highest BCUT2D eigenvalue weighted by Crippen LogP contribution is 2.41. The van der Waals surface area contributed by atoms with E-state index in [2.05, 4.69) is 5.32 Å². The number of hydrogen-bond donors (Lipinski definition) is 3. The van der Waals surface area contributed by atoms with Gasteiger partial charge in [0.15, 0.2) is 0 Å². The third-order valence-corrected chi connectivity index (χ3v) is 3.67. The van der Waals surface area contributed by atoms with Crippen LogP contribution in [0.4, 0.5) is 0 Å². The molecule has 0 radical (unpaired) electrons. The van der Waals surface area contributed by atoms with E-state index in [1.54, 1.807) is 0 Å². The summed E-state index contributed by atoms with van der Waals surface area (Å²) in [5.41, 5.74) is -0.880. The maximum atomic E-state index is 11.8. The Morgan fingerprint density at radius 2 is 2.00 bits per heavy atom. The summed E-state index contributed by atoms with van der Waals surface area (Å²) < 4.78 is 4.78. The normalized spacial score (nSPS) is 19.1. The van der Waals surface area contributed by atoms with Gasteiger partial charge in [-0.25, -0.2) is 0 Å². The van der Waals surface area contributed by atoms with Gasteiger partial charge in [0.05, 0.1) is 18.1 Å². The quantitative estimate of drug-likeness (QED) is 0.599. The van der Waals surface area contributed by atoms with Crippen molar-refractivity contribution in [2.75, 3.05) is 20.3 Å². The molecule has 3 N–H and O–H groups in total. The largest absolute Gasteiger partial charge is 0.481 e. The molecule has 0 aromatic rings. The Bertz CT molecular complexity index is 312. The van der Waals surface area contributed by atoms with Crippen LogP contribution in [0.25, 0.3) is 0 Å². The molecule has 1 atom stereocenters. The minimum absolute atomic E-state index is 0.0305. The van der Waals surface area contributed by atoms with Crippen LogP contribution in [0.15, 0.2) is 0 Å². The number of hydrogen-bond acceptors (Lipinski definition) is 4. The molecule has 0 spiro atoms. The van der Waals surface area contributed by atoms with Gasteiger partial charge in [-0.1, -0.05) is 12.8 Å². The Morgan fingerprint density at radius 3 is 2.53 bits per heavy atom. The number of carboxylic acid groups (broad SMARTS) is 1. The van der Waals surface area contributed by atoms with Crippen molar-refractivity contribution in [1.82, 2.24) is 5.32 Å². The molecule has 0 aromatic carbocycles. The van der Waals surface area contributed by atoms with E-state index in [-0.39, 0.29) is 18.9 Å². The summed E-state index contributed by atoms with van der Waals surface area (Å²) in [4.78, 5) is 23.1. The minimum Gasteiger partial charge on any atom is -0.481 e. The number of carboxylic acids is 1. The fourth-order valence-corrected chi connectivity index (χ4v) is 2.54. The zero-order chi connectivity index (χ0) is 14.3. The molecule has 0 bridgehead atoms. The highest BCUT2D eigenvalue weighted by atomic mass is 16.5. The van der Waals surface area contributed by atoms with Gasteiger partial charge in [0, 0.05) is 20.1 Å². The molecular weight excluding hydrogens is 250 g/mol. The number of aliphatic hydroxyl groups excluding tert-OH is 1. The smallest absolute Gasteiger partial charge is 0.310 e. The lowest BCUT2D eigenvalue weighted by Gasteiger charge is -2.23. The number of ether oxygens (including phenoxy) is 1. The lowest BCUT2D eigenvalue weighted by atomic mass is 9.82. The predicted octanol–water partition coefficient (Wildman–Crippen LogP) is 0.535. The number of carbonyl (C=O) groups excluding carboxylic acids is 1. The summed E-state index contributed by atoms with van der Waals surface area (Å²) in [6, 6.07) is 0. The van der Waals surface area contributed by atoms with Crippen molar-refractivity contribution in [3.05, 3.63) is 0 Å². The van der Waals surface area contributed by atoms with Gasteiger partial charge in [-0.3, -0.25) is 9.59 Å². The first-order chi connectivity index (χ1) is 9.00. The lowest BCUT2D eigenvalue weighted by Crippen LogP contribution is -2.36. The van der Waals surface area contributed by atoms with Gasteiger partial charge in [0.1, 0.15) is 0 Å². The van der Waals surface area contributed by atoms with Crippen LogP contribution in [0.3, 0.4) is 0 Å². The van der Waals surface area contributed by atoms with Crippen molar-refractivity contribution in [1.29, 1.82) is 0 Å². The van der Waals surface area contributed by atoms with E-state index >= 15 is 0 Å². The summed E-state index contributed by atoms with van der Waals surface area (Å²) in [6.07, 6.45) is 2.70. The number of nitrogens with one attached hydrogen (secondary N) is 1. The molecule has 19 heavy (non-hydrogen) atoms. The molecule has 1 saturated carbocycles. The fraction of sp³-hybridized carbons (Fsp3) is 0.846. The average Bonchev–Trinajstić information content (AvgIpc) is 2.79. The molecule has 6 nitrogen and oxygen atoms in total. The molecule has 0 aliphatic heterocycles. The molecular formula is C13H23NO5. The average molecular weight is 273 g/mol. The van der Waals surface area contributed by atoms with Crippen molar-refractivity contribution in [3.63, 3.8) is 0 Å². The van der Waals surface area contributed by atoms with Crippen LogP contribution in [0, 0.1) is 5.41 Å². The molecule has 1 unspecified atom stereocenters. The summed E-state index contributed by atoms with van der Waals surface area (Å²) in [7, 11) is 1.50. The predicted molar refractivity (Wildman–Crippen MR) is 68.7 cm³/mol. The van der Waals surface area contributed by atoms with E-state index in [0.29, 0.717) is 25.8 Å². The third kappa shape index (κ3) is 4.80. The van der Waals surface area contributed by atoms with E-state index in [0.717, 1.165) is 12.8 Å². The Morgan fingerprint density at radius 1 is 1.37 bits per heavy atom. The van der Waals surface area contributed by atoms with E-state index in [1.165, 1.54) is 7.11 Å². The van der Waals surface area contributed by atoms with Crippen LogP contribution in [0.5, 0.6) is 0 Å². The topological polar surface area (TPSA) is 95.9 Å². The molecule has 0 aromatic heterocycles. The summed E-state index contributed by atoms with van der Waals surface area (Å²) in [5, 5.41) is 21.3. The second kappa shape index (κ2) is 7.45. The van der Waals surface area contributed by atoms with Gasteiger partial charge in [-0.2, -0.15) is 0 Å². The summed E-state index contributed by atoms with van der Waals surface area (Å²) >= 11 is 0. The van der Waals surface area contributed by atoms with Crippen LogP contribution in [0.1, 0.15) is 38.5 Å². The molecule has 1 fully saturated rings. The molecule has 1 rings (SSSR count). The van der Waals surface area contributed by atoms with E-state index in [9.17, 15) is 19.8 Å². The van der Waals surface area contributed by atoms with Crippen LogP contribution in [-0.2, 0) is 14.3 Å². The first kappa shape index (κ1) is 15.9. The van der Waals surface area contributed by atoms with Crippen molar-refractivity contribution in [3.8, 4) is 0 Å². The van der Waals surface area contributed by atoms with Crippen LogP contribution < -0.4 is 5.32 Å². The number of aliphatic carboxylic acids is 1. The second-order valence-corrected chi connectivity index (χ2v) is 5.22. The summed E-state index contributed by atoms with van der Waals surface area (Å²) in [6.45, 7) is 0.563. The number of aliphatic hydroxyl groups is 1. The number of carbonyl (C=O) groups is 2. The van der Waals surface area contributed by atoms with E-state index in [4.69, 9.17) is 4.74 Å². The molecule has 110 valence electrons. The molecule has 0 heterocycles. The molecule has 6 heteroatoms. The van der Waals surface area contributed by atoms with E-state index in [1.807, 2.05) is 0 Å². The Balaban J connectivity index is 2.32. The van der Waals surface area contributed by atoms with Crippen molar-refractivity contribution in [2.45, 2.75) is 44.6 Å². The zero-order valence-corrected chi connectivity index (χ0v) is 11.4. The maximum absolute atomic E-state index is 11.8. The van der Waals surface area contributed by atoms with E-state index < -0.39 is 17.5 Å². The Labute approximate surface area is 113 Å². The second-order valence-electron chi connectivity index (χ2n) is 5.22. The highest BCUT2D eigenvalue weighted by Gasteiger charge is 2.42. The lowest BCUT2D eigenvalue weighted by molar-refractivity contribution is -0.151. The zero-order valence-electron chi connectivity index (χ0n) is 11.4. The Kier molecular flexibility index (Phi) is 6.24. The van der Waals surface area contributed by atoms with Crippen LogP contribution in [-0.4, -0.2) is 48.5 Å². The molecule has 0 saturated heterocycles. The third-order valence-electron chi connectivity index (χ3n) is 3.67. The molecule has 1 aliphatic carbocycles. The van der Waals surface area contributed by atoms with Crippen molar-refractivity contribution in [2.24, 2.45) is 5.41 Å². The van der Waals surface area contributed by atoms with Crippen molar-refractivity contribution >= 4 is 11.9 Å². The van der Waals surface area contributed by atoms with Gasteiger partial charge in [0.25, 0.3) is 0 Å². The highest BCUT2D eigenvalue weighted by molar-refractivity contribution is 5.85. The number of amides is 1. The van der Waals surface area contributed by atoms with Crippen molar-refractivity contribution < 1.29 is 24.5 Å². The van der Waals surface area contributed by atoms with Gasteiger partial charge in [0.2, 0.25) is 5.91 Å². The molecule has 1 amide bonds. The number of methoxy groups -OCH3 is 1. The molecule has 1 aliphatic rings.